The number of hydrogen-bond acceptors (Lipinski definition) is 3. The number of benzene rings is 2. The van der Waals surface area contributed by atoms with Crippen LogP contribution in [0.2, 0.25) is 0 Å². The highest BCUT2D eigenvalue weighted by Gasteiger charge is 2.29. The van der Waals surface area contributed by atoms with Crippen molar-refractivity contribution in [2.24, 2.45) is 0 Å². The first-order valence-electron chi connectivity index (χ1n) is 6.89. The largest absolute Gasteiger partial charge is 0.479 e. The Kier molecular flexibility index (Phi) is 5.38. The van der Waals surface area contributed by atoms with E-state index in [-0.39, 0.29) is 12.4 Å². The number of hydrogen-bond donors (Lipinski definition) is 0. The molecule has 0 N–H and O–H groups in total. The number of ketones is 1. The first-order chi connectivity index (χ1) is 11.4. The molecule has 0 aromatic heterocycles. The van der Waals surface area contributed by atoms with Crippen LogP contribution < -0.4 is 4.74 Å². The quantitative estimate of drug-likeness (QED) is 0.598. The van der Waals surface area contributed by atoms with Gasteiger partial charge in [-0.1, -0.05) is 18.2 Å². The van der Waals surface area contributed by atoms with Gasteiger partial charge in [0.25, 0.3) is 0 Å². The average molecular weight is 331 g/mol. The Balaban J connectivity index is 2.03. The van der Waals surface area contributed by atoms with Gasteiger partial charge < -0.3 is 4.74 Å². The maximum atomic E-state index is 12.5. The van der Waals surface area contributed by atoms with Crippen molar-refractivity contribution in [3.05, 3.63) is 71.3 Å². The lowest BCUT2D eigenvalue weighted by Gasteiger charge is -2.05. The summed E-state index contributed by atoms with van der Waals surface area (Å²) >= 11 is 0. The molecule has 2 aromatic rings. The second-order valence-electron chi connectivity index (χ2n) is 4.79. The van der Waals surface area contributed by atoms with Gasteiger partial charge in [-0.15, -0.1) is 0 Å². The summed E-state index contributed by atoms with van der Waals surface area (Å²) in [6, 6.07) is 12.6. The van der Waals surface area contributed by atoms with E-state index in [1.165, 1.54) is 24.3 Å². The predicted molar refractivity (Wildman–Crippen MR) is 82.4 cm³/mol. The van der Waals surface area contributed by atoms with Crippen molar-refractivity contribution < 1.29 is 22.7 Å². The van der Waals surface area contributed by atoms with E-state index in [2.05, 4.69) is 0 Å². The zero-order valence-electron chi connectivity index (χ0n) is 12.4. The molecule has 2 aromatic carbocycles. The van der Waals surface area contributed by atoms with Crippen LogP contribution in [0.4, 0.5) is 13.2 Å². The molecule has 0 radical (unpaired) electrons. The number of allylic oxidation sites excluding steroid dienone is 1. The smallest absolute Gasteiger partial charge is 0.416 e. The molecule has 0 saturated carbocycles. The van der Waals surface area contributed by atoms with Gasteiger partial charge in [0.1, 0.15) is 11.8 Å². The van der Waals surface area contributed by atoms with Gasteiger partial charge in [-0.3, -0.25) is 4.79 Å². The Labute approximate surface area is 136 Å². The molecule has 3 nitrogen and oxygen atoms in total. The molecule has 0 atom stereocenters. The van der Waals surface area contributed by atoms with Gasteiger partial charge in [0, 0.05) is 5.56 Å². The van der Waals surface area contributed by atoms with E-state index < -0.39 is 11.7 Å². The normalized spacial score (nSPS) is 11.2. The van der Waals surface area contributed by atoms with Gasteiger partial charge in [-0.05, 0) is 48.0 Å². The second kappa shape index (κ2) is 7.47. The summed E-state index contributed by atoms with van der Waals surface area (Å²) in [5.41, 5.74) is 0.159. The van der Waals surface area contributed by atoms with Crippen LogP contribution in [-0.4, -0.2) is 12.4 Å². The second-order valence-corrected chi connectivity index (χ2v) is 4.79. The standard InChI is InChI=1S/C18H12F3NO2/c19-18(20,21)15-6-1-13(2-7-15)3-10-17(23)14-4-8-16(9-5-14)24-12-11-22/h1-10H,12H2/b10-3+. The minimum absolute atomic E-state index is 0.0822. The van der Waals surface area contributed by atoms with Crippen LogP contribution in [0.5, 0.6) is 5.75 Å². The van der Waals surface area contributed by atoms with Gasteiger partial charge >= 0.3 is 6.18 Å². The van der Waals surface area contributed by atoms with Crippen LogP contribution in [0, 0.1) is 11.3 Å². The van der Waals surface area contributed by atoms with E-state index in [0.29, 0.717) is 16.9 Å². The van der Waals surface area contributed by atoms with Gasteiger partial charge in [0.15, 0.2) is 12.4 Å². The highest BCUT2D eigenvalue weighted by molar-refractivity contribution is 6.06. The molecular weight excluding hydrogens is 319 g/mol. The summed E-state index contributed by atoms with van der Waals surface area (Å²) in [5, 5.41) is 8.41. The molecule has 6 heteroatoms. The lowest BCUT2D eigenvalue weighted by atomic mass is 10.1. The third-order valence-electron chi connectivity index (χ3n) is 3.11. The van der Waals surface area contributed by atoms with Gasteiger partial charge in [-0.25, -0.2) is 0 Å². The molecular formula is C18H12F3NO2. The number of carbonyl (C=O) groups excluding carboxylic acids is 1. The molecule has 0 aliphatic carbocycles. The molecule has 0 amide bonds. The fraction of sp³-hybridized carbons (Fsp3) is 0.111. The number of rotatable bonds is 5. The molecule has 0 saturated heterocycles. The maximum Gasteiger partial charge on any atom is 0.416 e. The summed E-state index contributed by atoms with van der Waals surface area (Å²) in [6.07, 6.45) is -1.65. The highest BCUT2D eigenvalue weighted by atomic mass is 19.4. The molecule has 0 bridgehead atoms. The number of nitrogens with zero attached hydrogens (tertiary/aromatic N) is 1. The fourth-order valence-corrected chi connectivity index (χ4v) is 1.88. The SMILES string of the molecule is N#CCOc1ccc(C(=O)/C=C/c2ccc(C(F)(F)F)cc2)cc1. The Morgan fingerprint density at radius 1 is 1.08 bits per heavy atom. The van der Waals surface area contributed by atoms with Crippen molar-refractivity contribution in [2.75, 3.05) is 6.61 Å². The maximum absolute atomic E-state index is 12.5. The van der Waals surface area contributed by atoms with E-state index in [1.807, 2.05) is 6.07 Å². The molecule has 24 heavy (non-hydrogen) atoms. The van der Waals surface area contributed by atoms with Crippen molar-refractivity contribution >= 4 is 11.9 Å². The lowest BCUT2D eigenvalue weighted by molar-refractivity contribution is -0.137. The summed E-state index contributed by atoms with van der Waals surface area (Å²) in [5.74, 6) is 0.182. The topological polar surface area (TPSA) is 50.1 Å². The summed E-state index contributed by atoms with van der Waals surface area (Å²) < 4.78 is 42.5. The van der Waals surface area contributed by atoms with Crippen LogP contribution in [0.1, 0.15) is 21.5 Å². The Hall–Kier alpha value is -3.07. The first kappa shape index (κ1) is 17.3. The minimum Gasteiger partial charge on any atom is -0.479 e. The van der Waals surface area contributed by atoms with E-state index >= 15 is 0 Å². The Morgan fingerprint density at radius 3 is 2.25 bits per heavy atom. The van der Waals surface area contributed by atoms with E-state index in [9.17, 15) is 18.0 Å². The summed E-state index contributed by atoms with van der Waals surface area (Å²) in [6.45, 7) is -0.0822. The van der Waals surface area contributed by atoms with E-state index in [1.54, 1.807) is 24.3 Å². The Bertz CT molecular complexity index is 770. The predicted octanol–water partition coefficient (Wildman–Crippen LogP) is 4.50. The molecule has 0 aliphatic rings. The first-order valence-corrected chi connectivity index (χ1v) is 6.89. The minimum atomic E-state index is -4.38. The number of halogens is 3. The van der Waals surface area contributed by atoms with E-state index in [4.69, 9.17) is 10.00 Å². The molecule has 0 unspecified atom stereocenters. The summed E-state index contributed by atoms with van der Waals surface area (Å²) in [7, 11) is 0. The van der Waals surface area contributed by atoms with Gasteiger partial charge in [0.05, 0.1) is 5.56 Å². The number of nitriles is 1. The van der Waals surface area contributed by atoms with Crippen LogP contribution in [0.15, 0.2) is 54.6 Å². The molecule has 2 rings (SSSR count). The highest BCUT2D eigenvalue weighted by Crippen LogP contribution is 2.29. The molecule has 0 heterocycles. The van der Waals surface area contributed by atoms with Crippen molar-refractivity contribution in [3.8, 4) is 11.8 Å². The third kappa shape index (κ3) is 4.71. The van der Waals surface area contributed by atoms with Crippen LogP contribution in [0.3, 0.4) is 0 Å². The third-order valence-corrected chi connectivity index (χ3v) is 3.11. The number of ether oxygens (including phenoxy) is 1. The monoisotopic (exact) mass is 331 g/mol. The van der Waals surface area contributed by atoms with Crippen LogP contribution in [0.25, 0.3) is 6.08 Å². The van der Waals surface area contributed by atoms with Crippen molar-refractivity contribution in [1.82, 2.24) is 0 Å². The summed E-state index contributed by atoms with van der Waals surface area (Å²) in [4.78, 5) is 12.0. The average Bonchev–Trinajstić information content (AvgIpc) is 2.58. The zero-order chi connectivity index (χ0) is 17.6. The van der Waals surface area contributed by atoms with E-state index in [0.717, 1.165) is 12.1 Å². The molecule has 0 spiro atoms. The lowest BCUT2D eigenvalue weighted by Crippen LogP contribution is -2.04. The van der Waals surface area contributed by atoms with Crippen LogP contribution >= 0.6 is 0 Å². The molecule has 0 fully saturated rings. The van der Waals surface area contributed by atoms with Gasteiger partial charge in [-0.2, -0.15) is 18.4 Å². The number of alkyl halides is 3. The Morgan fingerprint density at radius 2 is 1.71 bits per heavy atom. The van der Waals surface area contributed by atoms with Crippen LogP contribution in [-0.2, 0) is 6.18 Å². The molecule has 0 aliphatic heterocycles. The zero-order valence-corrected chi connectivity index (χ0v) is 12.4. The van der Waals surface area contributed by atoms with Crippen molar-refractivity contribution in [1.29, 1.82) is 5.26 Å². The number of carbonyl (C=O) groups is 1. The van der Waals surface area contributed by atoms with Gasteiger partial charge in [0.2, 0.25) is 0 Å². The molecule has 122 valence electrons. The fourth-order valence-electron chi connectivity index (χ4n) is 1.88. The van der Waals surface area contributed by atoms with Crippen molar-refractivity contribution in [3.63, 3.8) is 0 Å². The van der Waals surface area contributed by atoms with Crippen molar-refractivity contribution in [2.45, 2.75) is 6.18 Å².